The molecule has 8 heteroatoms. The van der Waals surface area contributed by atoms with Crippen molar-refractivity contribution in [3.63, 3.8) is 0 Å². The lowest BCUT2D eigenvalue weighted by atomic mass is 10.2. The molecule has 0 saturated carbocycles. The van der Waals surface area contributed by atoms with Crippen LogP contribution in [0.15, 0.2) is 0 Å². The van der Waals surface area contributed by atoms with Crippen LogP contribution in [0.5, 0.6) is 0 Å². The predicted octanol–water partition coefficient (Wildman–Crippen LogP) is 1.51. The molecule has 0 saturated heterocycles. The lowest BCUT2D eigenvalue weighted by molar-refractivity contribution is 0.110. The summed E-state index contributed by atoms with van der Waals surface area (Å²) in [5, 5.41) is -1.70. The maximum Gasteiger partial charge on any atom is 0.343 e. The monoisotopic (exact) mass is 246 g/mol. The lowest BCUT2D eigenvalue weighted by Crippen LogP contribution is -2.20. The van der Waals surface area contributed by atoms with Gasteiger partial charge in [-0.2, -0.15) is 0 Å². The third kappa shape index (κ3) is 4.69. The normalized spacial score (nSPS) is 20.2. The van der Waals surface area contributed by atoms with Crippen LogP contribution in [0.3, 0.4) is 0 Å². The fraction of sp³-hybridized carbons (Fsp3) is 1.00. The Balaban J connectivity index is 4.82. The first-order valence-corrected chi connectivity index (χ1v) is 7.27. The van der Waals surface area contributed by atoms with Gasteiger partial charge >= 0.3 is 15.2 Å². The Kier molecular flexibility index (Phi) is 4.13. The zero-order chi connectivity index (χ0) is 11.8. The molecule has 14 heavy (non-hydrogen) atoms. The zero-order valence-corrected chi connectivity index (χ0v) is 10.3. The Bertz CT molecular complexity index is 287. The molecule has 2 atom stereocenters. The molecule has 0 aliphatic carbocycles. The first-order valence-electron chi connectivity index (χ1n) is 3.95. The molecule has 3 N–H and O–H groups in total. The average Bonchev–Trinajstić information content (AvgIpc) is 1.78. The molecule has 0 amide bonds. The topological polar surface area (TPSA) is 104 Å². The summed E-state index contributed by atoms with van der Waals surface area (Å²) in [7, 11) is -8.89. The van der Waals surface area contributed by atoms with E-state index in [2.05, 4.69) is 0 Å². The van der Waals surface area contributed by atoms with E-state index < -0.39 is 26.2 Å². The fourth-order valence-corrected chi connectivity index (χ4v) is 3.26. The smallest absolute Gasteiger partial charge is 0.324 e. The van der Waals surface area contributed by atoms with Gasteiger partial charge in [0, 0.05) is 0 Å². The summed E-state index contributed by atoms with van der Waals surface area (Å²) < 4.78 is 26.9. The highest BCUT2D eigenvalue weighted by molar-refractivity contribution is 7.71. The number of hydrogen-bond acceptors (Lipinski definition) is 3. The zero-order valence-electron chi connectivity index (χ0n) is 8.54. The molecule has 0 fully saturated rings. The van der Waals surface area contributed by atoms with E-state index in [1.807, 2.05) is 0 Å². The quantitative estimate of drug-likeness (QED) is 0.652. The van der Waals surface area contributed by atoms with Crippen LogP contribution in [0.2, 0.25) is 0 Å². The van der Waals surface area contributed by atoms with Crippen LogP contribution >= 0.6 is 15.2 Å². The molecule has 0 heterocycles. The highest BCUT2D eigenvalue weighted by Crippen LogP contribution is 2.63. The van der Waals surface area contributed by atoms with Gasteiger partial charge in [-0.05, 0) is 27.7 Å². The molecule has 0 rings (SSSR count). The van der Waals surface area contributed by atoms with Gasteiger partial charge in [0.25, 0.3) is 0 Å². The molecule has 0 aliphatic rings. The highest BCUT2D eigenvalue weighted by atomic mass is 31.2. The van der Waals surface area contributed by atoms with Crippen LogP contribution in [0, 0.1) is 0 Å². The predicted molar refractivity (Wildman–Crippen MR) is 52.2 cm³/mol. The van der Waals surface area contributed by atoms with E-state index in [-0.39, 0.29) is 0 Å². The fourth-order valence-electron chi connectivity index (χ4n) is 0.659. The molecule has 0 aromatic rings. The van der Waals surface area contributed by atoms with Crippen LogP contribution < -0.4 is 0 Å². The van der Waals surface area contributed by atoms with Crippen LogP contribution in [-0.4, -0.2) is 25.7 Å². The summed E-state index contributed by atoms with van der Waals surface area (Å²) in [5.41, 5.74) is -0.923. The van der Waals surface area contributed by atoms with Crippen LogP contribution in [0.25, 0.3) is 0 Å². The Morgan fingerprint density at radius 3 is 1.71 bits per heavy atom. The van der Waals surface area contributed by atoms with E-state index in [1.165, 1.54) is 20.8 Å². The van der Waals surface area contributed by atoms with Gasteiger partial charge in [-0.3, -0.25) is 9.13 Å². The summed E-state index contributed by atoms with van der Waals surface area (Å²) in [6.45, 7) is 5.58. The summed E-state index contributed by atoms with van der Waals surface area (Å²) in [6.07, 6.45) is 0. The van der Waals surface area contributed by atoms with Crippen molar-refractivity contribution in [1.29, 1.82) is 0 Å². The van der Waals surface area contributed by atoms with E-state index in [4.69, 9.17) is 14.3 Å². The first-order chi connectivity index (χ1) is 5.86. The molecule has 0 aliphatic heterocycles. The Morgan fingerprint density at radius 1 is 1.14 bits per heavy atom. The van der Waals surface area contributed by atoms with Gasteiger partial charge < -0.3 is 19.2 Å². The summed E-state index contributed by atoms with van der Waals surface area (Å²) >= 11 is 0. The summed E-state index contributed by atoms with van der Waals surface area (Å²) in [5.74, 6) is 0. The molecule has 0 aromatic heterocycles. The molecule has 0 aromatic carbocycles. The van der Waals surface area contributed by atoms with Gasteiger partial charge in [0.05, 0.1) is 5.60 Å². The molecule has 0 spiro atoms. The van der Waals surface area contributed by atoms with Crippen molar-refractivity contribution in [1.82, 2.24) is 0 Å². The van der Waals surface area contributed by atoms with E-state index in [9.17, 15) is 14.0 Å². The molecule has 6 nitrogen and oxygen atoms in total. The molecular weight excluding hydrogens is 230 g/mol. The second-order valence-corrected chi connectivity index (χ2v) is 8.43. The summed E-state index contributed by atoms with van der Waals surface area (Å²) in [4.78, 5) is 26.7. The van der Waals surface area contributed by atoms with Gasteiger partial charge in [-0.25, -0.2) is 0 Å². The maximum absolute atomic E-state index is 11.4. The van der Waals surface area contributed by atoms with E-state index >= 15 is 0 Å². The minimum Gasteiger partial charge on any atom is -0.324 e. The highest BCUT2D eigenvalue weighted by Gasteiger charge is 2.43. The van der Waals surface area contributed by atoms with E-state index in [0.29, 0.717) is 0 Å². The molecule has 0 bridgehead atoms. The number of hydrogen-bond donors (Lipinski definition) is 3. The second-order valence-electron chi connectivity index (χ2n) is 3.99. The van der Waals surface area contributed by atoms with Crippen molar-refractivity contribution in [2.45, 2.75) is 38.7 Å². The van der Waals surface area contributed by atoms with Crippen molar-refractivity contribution in [3.8, 4) is 0 Å². The minimum absolute atomic E-state index is 0.923. The lowest BCUT2D eigenvalue weighted by Gasteiger charge is -2.27. The van der Waals surface area contributed by atoms with Gasteiger partial charge in [-0.1, -0.05) is 0 Å². The van der Waals surface area contributed by atoms with Crippen molar-refractivity contribution in [2.24, 2.45) is 0 Å². The number of rotatable bonds is 3. The standard InChI is InChI=1S/C6H16O6P2/c1-5(13(7,8)9)14(10,11)12-6(2,3)4/h5H,1-4H3,(H,10,11)(H2,7,8,9). The van der Waals surface area contributed by atoms with Crippen molar-refractivity contribution < 1.29 is 28.3 Å². The van der Waals surface area contributed by atoms with Crippen LogP contribution in [-0.2, 0) is 13.7 Å². The maximum atomic E-state index is 11.4. The second kappa shape index (κ2) is 4.05. The Labute approximate surface area is 83.0 Å². The van der Waals surface area contributed by atoms with Gasteiger partial charge in [0.1, 0.15) is 0 Å². The van der Waals surface area contributed by atoms with Gasteiger partial charge in [0.2, 0.25) is 0 Å². The average molecular weight is 246 g/mol. The van der Waals surface area contributed by atoms with E-state index in [1.54, 1.807) is 0 Å². The van der Waals surface area contributed by atoms with Crippen LogP contribution in [0.4, 0.5) is 0 Å². The SMILES string of the molecule is CC(P(=O)(O)O)P(=O)(O)OC(C)(C)C. The van der Waals surface area contributed by atoms with E-state index in [0.717, 1.165) is 6.92 Å². The Morgan fingerprint density at radius 2 is 1.50 bits per heavy atom. The third-order valence-corrected chi connectivity index (χ3v) is 5.87. The van der Waals surface area contributed by atoms with Gasteiger partial charge in [-0.15, -0.1) is 0 Å². The van der Waals surface area contributed by atoms with Gasteiger partial charge in [0.15, 0.2) is 5.40 Å². The van der Waals surface area contributed by atoms with Crippen molar-refractivity contribution in [2.75, 3.05) is 0 Å². The largest absolute Gasteiger partial charge is 0.343 e. The first kappa shape index (κ1) is 14.3. The minimum atomic E-state index is -4.60. The molecule has 0 radical (unpaired) electrons. The Hall–Kier alpha value is 0.300. The van der Waals surface area contributed by atoms with Crippen LogP contribution in [0.1, 0.15) is 27.7 Å². The van der Waals surface area contributed by atoms with Crippen molar-refractivity contribution in [3.05, 3.63) is 0 Å². The third-order valence-electron chi connectivity index (χ3n) is 1.36. The van der Waals surface area contributed by atoms with Crippen molar-refractivity contribution >= 4 is 15.2 Å². The molecular formula is C6H16O6P2. The molecule has 86 valence electrons. The molecule has 2 unspecified atom stereocenters. The summed E-state index contributed by atoms with van der Waals surface area (Å²) in [6, 6.07) is 0.